The minimum atomic E-state index is -1.87. The number of alkyl halides is 3. The van der Waals surface area contributed by atoms with Gasteiger partial charge in [-0.1, -0.05) is 34.8 Å². The Hall–Kier alpha value is 0.300. The highest BCUT2D eigenvalue weighted by Gasteiger charge is 2.32. The zero-order valence-electron chi connectivity index (χ0n) is 5.44. The molecule has 0 bridgehead atoms. The van der Waals surface area contributed by atoms with E-state index in [0.717, 1.165) is 0 Å². The molecule has 0 aromatic carbocycles. The van der Waals surface area contributed by atoms with Gasteiger partial charge >= 0.3 is 0 Å². The van der Waals surface area contributed by atoms with E-state index in [4.69, 9.17) is 39.5 Å². The van der Waals surface area contributed by atoms with E-state index in [1.54, 1.807) is 0 Å². The van der Waals surface area contributed by atoms with Crippen molar-refractivity contribution in [3.05, 3.63) is 0 Å². The van der Waals surface area contributed by atoms with Crippen molar-refractivity contribution in [2.45, 2.75) is 9.90 Å². The van der Waals surface area contributed by atoms with Crippen LogP contribution in [-0.2, 0) is 9.53 Å². The Balaban J connectivity index is 2.19. The van der Waals surface area contributed by atoms with Gasteiger partial charge in [-0.2, -0.15) is 0 Å². The second-order valence-electron chi connectivity index (χ2n) is 2.16. The number of nitrogens with one attached hydrogen (secondary N) is 1. The summed E-state index contributed by atoms with van der Waals surface area (Å²) in [6, 6.07) is 0. The van der Waals surface area contributed by atoms with Gasteiger partial charge < -0.3 is 10.1 Å². The van der Waals surface area contributed by atoms with Crippen LogP contribution in [0.25, 0.3) is 0 Å². The van der Waals surface area contributed by atoms with Crippen molar-refractivity contribution in [1.29, 1.82) is 0 Å². The lowest BCUT2D eigenvalue weighted by Crippen LogP contribution is -2.36. The third-order valence-electron chi connectivity index (χ3n) is 1.15. The molecule has 1 amide bonds. The van der Waals surface area contributed by atoms with Crippen LogP contribution in [0.15, 0.2) is 0 Å². The van der Waals surface area contributed by atoms with E-state index in [1.165, 1.54) is 0 Å². The van der Waals surface area contributed by atoms with Gasteiger partial charge in [0.25, 0.3) is 9.70 Å². The number of hydrogen-bond acceptors (Lipinski definition) is 2. The van der Waals surface area contributed by atoms with Crippen molar-refractivity contribution in [2.75, 3.05) is 13.2 Å². The number of ether oxygens (including phenoxy) is 1. The molecule has 6 heteroatoms. The summed E-state index contributed by atoms with van der Waals surface area (Å²) in [6.45, 7) is 1.08. The maximum atomic E-state index is 10.8. The molecule has 0 aliphatic carbocycles. The molecule has 1 atom stereocenters. The lowest BCUT2D eigenvalue weighted by atomic mass is 10.5. The summed E-state index contributed by atoms with van der Waals surface area (Å²) >= 11 is 15.8. The molecule has 1 fully saturated rings. The normalized spacial score (nSPS) is 23.0. The molecule has 1 aliphatic heterocycles. The molecule has 0 unspecified atom stereocenters. The SMILES string of the molecule is O=C(NC[C@H]1CO1)C(Cl)(Cl)Cl. The predicted octanol–water partition coefficient (Wildman–Crippen LogP) is 0.872. The van der Waals surface area contributed by atoms with E-state index >= 15 is 0 Å². The van der Waals surface area contributed by atoms with Crippen molar-refractivity contribution in [1.82, 2.24) is 5.32 Å². The number of halogens is 3. The van der Waals surface area contributed by atoms with Gasteiger partial charge in [0.15, 0.2) is 0 Å². The summed E-state index contributed by atoms with van der Waals surface area (Å²) in [7, 11) is 0. The minimum Gasteiger partial charge on any atom is -0.371 e. The molecular formula is C5H6Cl3NO2. The number of carbonyl (C=O) groups is 1. The molecule has 0 aromatic rings. The van der Waals surface area contributed by atoms with Crippen molar-refractivity contribution in [3.8, 4) is 0 Å². The maximum Gasteiger partial charge on any atom is 0.272 e. The summed E-state index contributed by atoms with van der Waals surface area (Å²) in [4.78, 5) is 10.8. The van der Waals surface area contributed by atoms with Crippen molar-refractivity contribution in [3.63, 3.8) is 0 Å². The molecule has 0 spiro atoms. The highest BCUT2D eigenvalue weighted by Crippen LogP contribution is 2.25. The molecule has 1 saturated heterocycles. The molecule has 11 heavy (non-hydrogen) atoms. The van der Waals surface area contributed by atoms with Gasteiger partial charge in [0.2, 0.25) is 0 Å². The van der Waals surface area contributed by atoms with Gasteiger partial charge in [-0.25, -0.2) is 0 Å². The second-order valence-corrected chi connectivity index (χ2v) is 4.44. The Kier molecular flexibility index (Phi) is 2.86. The summed E-state index contributed by atoms with van der Waals surface area (Å²) in [5.74, 6) is -0.613. The molecule has 1 aliphatic rings. The molecule has 0 aromatic heterocycles. The van der Waals surface area contributed by atoms with Gasteiger partial charge in [0.1, 0.15) is 0 Å². The summed E-state index contributed by atoms with van der Waals surface area (Å²) < 4.78 is 2.96. The number of hydrogen-bond donors (Lipinski definition) is 1. The first kappa shape index (κ1) is 9.39. The van der Waals surface area contributed by atoms with Crippen LogP contribution in [0.1, 0.15) is 0 Å². The van der Waals surface area contributed by atoms with Crippen molar-refractivity contribution >= 4 is 40.7 Å². The quantitative estimate of drug-likeness (QED) is 0.552. The number of amides is 1. The fourth-order valence-corrected chi connectivity index (χ4v) is 0.693. The average molecular weight is 218 g/mol. The fourth-order valence-electron chi connectivity index (χ4n) is 0.493. The van der Waals surface area contributed by atoms with Crippen molar-refractivity contribution in [2.24, 2.45) is 0 Å². The Labute approximate surface area is 78.9 Å². The lowest BCUT2D eigenvalue weighted by molar-refractivity contribution is -0.120. The van der Waals surface area contributed by atoms with E-state index in [2.05, 4.69) is 5.32 Å². The Morgan fingerprint density at radius 1 is 1.64 bits per heavy atom. The highest BCUT2D eigenvalue weighted by molar-refractivity contribution is 6.76. The standard InChI is InChI=1S/C5H6Cl3NO2/c6-5(7,8)4(10)9-1-3-2-11-3/h3H,1-2H2,(H,9,10)/t3-/m0/s1. The highest BCUT2D eigenvalue weighted by atomic mass is 35.6. The van der Waals surface area contributed by atoms with Crippen LogP contribution in [0.5, 0.6) is 0 Å². The van der Waals surface area contributed by atoms with Crippen LogP contribution in [0, 0.1) is 0 Å². The topological polar surface area (TPSA) is 41.6 Å². The molecule has 1 heterocycles. The second kappa shape index (κ2) is 3.35. The third-order valence-corrected chi connectivity index (χ3v) is 1.67. The molecule has 1 N–H and O–H groups in total. The molecule has 0 radical (unpaired) electrons. The fraction of sp³-hybridized carbons (Fsp3) is 0.800. The smallest absolute Gasteiger partial charge is 0.272 e. The zero-order valence-corrected chi connectivity index (χ0v) is 7.71. The average Bonchev–Trinajstić information content (AvgIpc) is 2.62. The van der Waals surface area contributed by atoms with Crippen LogP contribution in [0.2, 0.25) is 0 Å². The van der Waals surface area contributed by atoms with Crippen LogP contribution >= 0.6 is 34.8 Å². The number of carbonyl (C=O) groups excluding carboxylic acids is 1. The Morgan fingerprint density at radius 2 is 2.18 bits per heavy atom. The van der Waals surface area contributed by atoms with E-state index < -0.39 is 9.70 Å². The summed E-state index contributed by atoms with van der Waals surface area (Å²) in [6.07, 6.45) is 0.103. The van der Waals surface area contributed by atoms with Crippen LogP contribution in [-0.4, -0.2) is 29.0 Å². The minimum absolute atomic E-state index is 0.103. The molecule has 64 valence electrons. The van der Waals surface area contributed by atoms with Crippen LogP contribution in [0.3, 0.4) is 0 Å². The largest absolute Gasteiger partial charge is 0.371 e. The van der Waals surface area contributed by atoms with E-state index in [1.807, 2.05) is 0 Å². The van der Waals surface area contributed by atoms with Crippen LogP contribution in [0.4, 0.5) is 0 Å². The first-order valence-electron chi connectivity index (χ1n) is 2.97. The predicted molar refractivity (Wildman–Crippen MR) is 43.0 cm³/mol. The van der Waals surface area contributed by atoms with Gasteiger partial charge in [-0.3, -0.25) is 4.79 Å². The van der Waals surface area contributed by atoms with Crippen molar-refractivity contribution < 1.29 is 9.53 Å². The summed E-state index contributed by atoms with van der Waals surface area (Å²) in [5.41, 5.74) is 0. The monoisotopic (exact) mass is 217 g/mol. The van der Waals surface area contributed by atoms with Gasteiger partial charge in [-0.05, 0) is 0 Å². The lowest BCUT2D eigenvalue weighted by Gasteiger charge is -2.09. The van der Waals surface area contributed by atoms with Crippen LogP contribution < -0.4 is 5.32 Å². The van der Waals surface area contributed by atoms with E-state index in [9.17, 15) is 4.79 Å². The Bertz CT molecular complexity index is 164. The molecule has 0 saturated carbocycles. The van der Waals surface area contributed by atoms with E-state index in [0.29, 0.717) is 13.2 Å². The number of rotatable bonds is 2. The zero-order chi connectivity index (χ0) is 8.48. The van der Waals surface area contributed by atoms with Gasteiger partial charge in [0, 0.05) is 6.54 Å². The molecule has 1 rings (SSSR count). The first-order chi connectivity index (χ1) is 5.00. The Morgan fingerprint density at radius 3 is 2.55 bits per heavy atom. The third kappa shape index (κ3) is 3.47. The van der Waals surface area contributed by atoms with Gasteiger partial charge in [0.05, 0.1) is 12.7 Å². The maximum absolute atomic E-state index is 10.8. The summed E-state index contributed by atoms with van der Waals surface area (Å²) in [5, 5.41) is 2.42. The van der Waals surface area contributed by atoms with Gasteiger partial charge in [-0.15, -0.1) is 0 Å². The number of epoxide rings is 1. The molecule has 3 nitrogen and oxygen atoms in total. The van der Waals surface area contributed by atoms with E-state index in [-0.39, 0.29) is 6.10 Å². The molecular weight excluding hydrogens is 212 g/mol. The first-order valence-corrected chi connectivity index (χ1v) is 4.10.